The van der Waals surface area contributed by atoms with Crippen LogP contribution in [0.15, 0.2) is 18.2 Å². The molecule has 4 heteroatoms. The lowest BCUT2D eigenvalue weighted by Gasteiger charge is -2.22. The average Bonchev–Trinajstić information content (AvgIpc) is 2.78. The molecule has 2 atom stereocenters. The second-order valence-corrected chi connectivity index (χ2v) is 4.29. The van der Waals surface area contributed by atoms with Crippen molar-refractivity contribution in [3.05, 3.63) is 35.1 Å². The fourth-order valence-corrected chi connectivity index (χ4v) is 2.20. The molecule has 2 unspecified atom stereocenters. The largest absolute Gasteiger partial charge is 0.381 e. The van der Waals surface area contributed by atoms with E-state index in [4.69, 9.17) is 10.6 Å². The first-order chi connectivity index (χ1) is 7.72. The van der Waals surface area contributed by atoms with Crippen molar-refractivity contribution in [2.24, 2.45) is 11.8 Å². The van der Waals surface area contributed by atoms with E-state index in [-0.39, 0.29) is 17.8 Å². The van der Waals surface area contributed by atoms with E-state index in [1.54, 1.807) is 6.07 Å². The van der Waals surface area contributed by atoms with Crippen molar-refractivity contribution in [3.8, 4) is 0 Å². The van der Waals surface area contributed by atoms with Crippen LogP contribution < -0.4 is 11.3 Å². The first-order valence-corrected chi connectivity index (χ1v) is 5.52. The summed E-state index contributed by atoms with van der Waals surface area (Å²) in [6.45, 7) is 3.32. The smallest absolute Gasteiger partial charge is 0.128 e. The van der Waals surface area contributed by atoms with Crippen LogP contribution in [0.25, 0.3) is 0 Å². The zero-order chi connectivity index (χ0) is 11.5. The van der Waals surface area contributed by atoms with Crippen molar-refractivity contribution >= 4 is 0 Å². The molecule has 1 aromatic rings. The quantitative estimate of drug-likeness (QED) is 0.606. The fourth-order valence-electron chi connectivity index (χ4n) is 2.20. The molecule has 3 nitrogen and oxygen atoms in total. The van der Waals surface area contributed by atoms with Crippen LogP contribution in [-0.2, 0) is 4.74 Å². The Morgan fingerprint density at radius 1 is 1.56 bits per heavy atom. The first kappa shape index (κ1) is 11.5. The van der Waals surface area contributed by atoms with E-state index >= 15 is 0 Å². The molecule has 0 aromatic heterocycles. The van der Waals surface area contributed by atoms with Crippen molar-refractivity contribution in [1.29, 1.82) is 0 Å². The zero-order valence-corrected chi connectivity index (χ0v) is 9.37. The van der Waals surface area contributed by atoms with Crippen LogP contribution in [0.4, 0.5) is 4.39 Å². The molecule has 0 amide bonds. The number of aryl methyl sites for hydroxylation is 1. The molecule has 1 fully saturated rings. The zero-order valence-electron chi connectivity index (χ0n) is 9.37. The van der Waals surface area contributed by atoms with Gasteiger partial charge in [0.1, 0.15) is 5.82 Å². The number of benzene rings is 1. The van der Waals surface area contributed by atoms with Gasteiger partial charge in [0.05, 0.1) is 12.6 Å². The lowest BCUT2D eigenvalue weighted by atomic mass is 9.91. The number of rotatable bonds is 3. The summed E-state index contributed by atoms with van der Waals surface area (Å²) in [5.41, 5.74) is 4.38. The normalized spacial score (nSPS) is 22.3. The minimum atomic E-state index is -0.208. The highest BCUT2D eigenvalue weighted by Crippen LogP contribution is 2.30. The molecule has 0 aliphatic carbocycles. The molecule has 2 rings (SSSR count). The SMILES string of the molecule is Cc1ccc(F)c(C(NN)C2CCOC2)c1. The van der Waals surface area contributed by atoms with Gasteiger partial charge in [-0.25, -0.2) is 4.39 Å². The lowest BCUT2D eigenvalue weighted by molar-refractivity contribution is 0.176. The van der Waals surface area contributed by atoms with Crippen LogP contribution in [0.1, 0.15) is 23.6 Å². The summed E-state index contributed by atoms with van der Waals surface area (Å²) < 4.78 is 19.0. The molecule has 1 saturated heterocycles. The van der Waals surface area contributed by atoms with E-state index in [0.717, 1.165) is 18.6 Å². The Bertz CT molecular complexity index is 364. The summed E-state index contributed by atoms with van der Waals surface area (Å²) in [6.07, 6.45) is 0.919. The van der Waals surface area contributed by atoms with Gasteiger partial charge >= 0.3 is 0 Å². The van der Waals surface area contributed by atoms with Gasteiger partial charge in [0.25, 0.3) is 0 Å². The molecule has 0 spiro atoms. The van der Waals surface area contributed by atoms with Gasteiger partial charge in [-0.3, -0.25) is 11.3 Å². The molecular weight excluding hydrogens is 207 g/mol. The third-order valence-electron chi connectivity index (χ3n) is 3.10. The third kappa shape index (κ3) is 2.24. The van der Waals surface area contributed by atoms with Crippen LogP contribution >= 0.6 is 0 Å². The van der Waals surface area contributed by atoms with Gasteiger partial charge in [-0.15, -0.1) is 0 Å². The highest BCUT2D eigenvalue weighted by molar-refractivity contribution is 5.27. The molecule has 1 aromatic carbocycles. The Balaban J connectivity index is 2.28. The van der Waals surface area contributed by atoms with Crippen molar-refractivity contribution in [3.63, 3.8) is 0 Å². The molecular formula is C12H17FN2O. The van der Waals surface area contributed by atoms with Crippen molar-refractivity contribution in [2.75, 3.05) is 13.2 Å². The van der Waals surface area contributed by atoms with Crippen molar-refractivity contribution in [1.82, 2.24) is 5.43 Å². The molecule has 0 bridgehead atoms. The second kappa shape index (κ2) is 4.91. The number of nitrogens with one attached hydrogen (secondary N) is 1. The van der Waals surface area contributed by atoms with Gasteiger partial charge in [-0.05, 0) is 19.4 Å². The Hall–Kier alpha value is -0.970. The van der Waals surface area contributed by atoms with Crippen molar-refractivity contribution in [2.45, 2.75) is 19.4 Å². The van der Waals surface area contributed by atoms with Gasteiger partial charge in [0.2, 0.25) is 0 Å². The molecule has 0 radical (unpaired) electrons. The number of halogens is 1. The topological polar surface area (TPSA) is 47.3 Å². The van der Waals surface area contributed by atoms with Gasteiger partial charge < -0.3 is 4.74 Å². The molecule has 1 aliphatic rings. The first-order valence-electron chi connectivity index (χ1n) is 5.52. The van der Waals surface area contributed by atoms with E-state index in [1.807, 2.05) is 13.0 Å². The summed E-state index contributed by atoms with van der Waals surface area (Å²) in [5, 5.41) is 0. The maximum Gasteiger partial charge on any atom is 0.128 e. The highest BCUT2D eigenvalue weighted by Gasteiger charge is 2.28. The lowest BCUT2D eigenvalue weighted by Crippen LogP contribution is -2.34. The molecule has 88 valence electrons. The summed E-state index contributed by atoms with van der Waals surface area (Å²) in [7, 11) is 0. The highest BCUT2D eigenvalue weighted by atomic mass is 19.1. The Morgan fingerprint density at radius 2 is 2.38 bits per heavy atom. The second-order valence-electron chi connectivity index (χ2n) is 4.29. The maximum absolute atomic E-state index is 13.7. The third-order valence-corrected chi connectivity index (χ3v) is 3.10. The van der Waals surface area contributed by atoms with E-state index in [9.17, 15) is 4.39 Å². The van der Waals surface area contributed by atoms with E-state index < -0.39 is 0 Å². The number of hydrogen-bond donors (Lipinski definition) is 2. The predicted molar refractivity (Wildman–Crippen MR) is 60.1 cm³/mol. The minimum absolute atomic E-state index is 0.164. The summed E-state index contributed by atoms with van der Waals surface area (Å²) in [5.74, 6) is 5.57. The Labute approximate surface area is 94.8 Å². The van der Waals surface area contributed by atoms with Crippen LogP contribution in [0.3, 0.4) is 0 Å². The van der Waals surface area contributed by atoms with E-state index in [1.165, 1.54) is 6.07 Å². The van der Waals surface area contributed by atoms with Crippen molar-refractivity contribution < 1.29 is 9.13 Å². The predicted octanol–water partition coefficient (Wildman–Crippen LogP) is 1.68. The molecule has 16 heavy (non-hydrogen) atoms. The summed E-state index contributed by atoms with van der Waals surface area (Å²) in [6, 6.07) is 4.93. The van der Waals surface area contributed by atoms with E-state index in [0.29, 0.717) is 12.2 Å². The number of hydrogen-bond acceptors (Lipinski definition) is 3. The standard InChI is InChI=1S/C12H17FN2O/c1-8-2-3-11(13)10(6-8)12(15-14)9-4-5-16-7-9/h2-3,6,9,12,15H,4-5,7,14H2,1H3. The van der Waals surface area contributed by atoms with Gasteiger partial charge in [-0.2, -0.15) is 0 Å². The number of nitrogens with two attached hydrogens (primary N) is 1. The van der Waals surface area contributed by atoms with Crippen LogP contribution in [-0.4, -0.2) is 13.2 Å². The fraction of sp³-hybridized carbons (Fsp3) is 0.500. The molecule has 3 N–H and O–H groups in total. The van der Waals surface area contributed by atoms with Gasteiger partial charge in [-0.1, -0.05) is 17.7 Å². The van der Waals surface area contributed by atoms with Gasteiger partial charge in [0, 0.05) is 18.1 Å². The molecule has 1 heterocycles. The number of ether oxygens (including phenoxy) is 1. The molecule has 0 saturated carbocycles. The monoisotopic (exact) mass is 224 g/mol. The Kier molecular flexibility index (Phi) is 3.53. The summed E-state index contributed by atoms with van der Waals surface area (Å²) in [4.78, 5) is 0. The summed E-state index contributed by atoms with van der Waals surface area (Å²) >= 11 is 0. The number of hydrazine groups is 1. The van der Waals surface area contributed by atoms with E-state index in [2.05, 4.69) is 5.43 Å². The van der Waals surface area contributed by atoms with Crippen LogP contribution in [0.2, 0.25) is 0 Å². The Morgan fingerprint density at radius 3 is 3.00 bits per heavy atom. The minimum Gasteiger partial charge on any atom is -0.381 e. The van der Waals surface area contributed by atoms with Crippen LogP contribution in [0, 0.1) is 18.7 Å². The average molecular weight is 224 g/mol. The maximum atomic E-state index is 13.7. The van der Waals surface area contributed by atoms with Gasteiger partial charge in [0.15, 0.2) is 0 Å². The van der Waals surface area contributed by atoms with Crippen LogP contribution in [0.5, 0.6) is 0 Å². The molecule has 1 aliphatic heterocycles.